The number of halogens is 5. The monoisotopic (exact) mass is 306 g/mol. The number of nitrogens with zero attached hydrogens (tertiary/aromatic N) is 1. The van der Waals surface area contributed by atoms with Crippen molar-refractivity contribution in [2.75, 3.05) is 24.5 Å². The van der Waals surface area contributed by atoms with Crippen molar-refractivity contribution in [2.24, 2.45) is 0 Å². The van der Waals surface area contributed by atoms with Crippen LogP contribution in [-0.4, -0.2) is 25.2 Å². The summed E-state index contributed by atoms with van der Waals surface area (Å²) in [6.45, 7) is 0.922. The van der Waals surface area contributed by atoms with E-state index in [9.17, 15) is 22.0 Å². The first-order valence-electron chi connectivity index (χ1n) is 6.97. The Labute approximate surface area is 118 Å². The minimum atomic E-state index is -2.11. The molecule has 0 unspecified atom stereocenters. The van der Waals surface area contributed by atoms with E-state index in [0.29, 0.717) is 6.54 Å². The fourth-order valence-corrected chi connectivity index (χ4v) is 3.40. The molecular formula is C14H15F5N2. The maximum Gasteiger partial charge on any atom is 0.200 e. The molecule has 2 aliphatic rings. The summed E-state index contributed by atoms with van der Waals surface area (Å²) < 4.78 is 67.5. The van der Waals surface area contributed by atoms with Crippen molar-refractivity contribution in [1.29, 1.82) is 0 Å². The lowest BCUT2D eigenvalue weighted by molar-refractivity contribution is 0.298. The smallest absolute Gasteiger partial charge is 0.200 e. The minimum Gasteiger partial charge on any atom is -0.363 e. The summed E-state index contributed by atoms with van der Waals surface area (Å²) in [4.78, 5) is 1.28. The average Bonchev–Trinajstić information content (AvgIpc) is 2.91. The van der Waals surface area contributed by atoms with E-state index in [4.69, 9.17) is 0 Å². The Morgan fingerprint density at radius 1 is 0.810 bits per heavy atom. The van der Waals surface area contributed by atoms with E-state index in [0.717, 1.165) is 25.7 Å². The van der Waals surface area contributed by atoms with E-state index in [1.807, 2.05) is 0 Å². The van der Waals surface area contributed by atoms with Gasteiger partial charge in [0.2, 0.25) is 5.82 Å². The summed E-state index contributed by atoms with van der Waals surface area (Å²) >= 11 is 0. The van der Waals surface area contributed by atoms with Crippen molar-refractivity contribution in [3.63, 3.8) is 0 Å². The van der Waals surface area contributed by atoms with Crippen LogP contribution in [0.3, 0.4) is 0 Å². The van der Waals surface area contributed by atoms with Crippen molar-refractivity contribution < 1.29 is 22.0 Å². The van der Waals surface area contributed by atoms with E-state index in [-0.39, 0.29) is 18.6 Å². The molecule has 1 N–H and O–H groups in total. The number of anilines is 1. The number of rotatable bonds is 1. The second-order valence-electron chi connectivity index (χ2n) is 5.75. The predicted octanol–water partition coefficient (Wildman–Crippen LogP) is 3.10. The normalized spacial score (nSPS) is 21.3. The van der Waals surface area contributed by atoms with Crippen molar-refractivity contribution in [3.8, 4) is 0 Å². The lowest BCUT2D eigenvalue weighted by Gasteiger charge is -2.42. The van der Waals surface area contributed by atoms with Gasteiger partial charge in [0.15, 0.2) is 23.3 Å². The number of benzene rings is 1. The van der Waals surface area contributed by atoms with Crippen LogP contribution in [-0.2, 0) is 0 Å². The van der Waals surface area contributed by atoms with Crippen molar-refractivity contribution >= 4 is 5.69 Å². The van der Waals surface area contributed by atoms with Crippen LogP contribution in [0.2, 0.25) is 0 Å². The minimum absolute atomic E-state index is 0.208. The Morgan fingerprint density at radius 3 is 1.90 bits per heavy atom. The number of hydrogen-bond acceptors (Lipinski definition) is 2. The first-order valence-corrected chi connectivity index (χ1v) is 6.97. The van der Waals surface area contributed by atoms with Gasteiger partial charge in [0.1, 0.15) is 5.69 Å². The van der Waals surface area contributed by atoms with Crippen molar-refractivity contribution in [3.05, 3.63) is 29.1 Å². The van der Waals surface area contributed by atoms with E-state index < -0.39 is 34.8 Å². The molecule has 21 heavy (non-hydrogen) atoms. The molecule has 0 amide bonds. The molecule has 1 spiro atoms. The van der Waals surface area contributed by atoms with Gasteiger partial charge < -0.3 is 10.2 Å². The molecule has 1 aromatic carbocycles. The Balaban J connectivity index is 2.00. The van der Waals surface area contributed by atoms with Gasteiger partial charge in [-0.3, -0.25) is 0 Å². The van der Waals surface area contributed by atoms with Crippen LogP contribution < -0.4 is 10.2 Å². The van der Waals surface area contributed by atoms with Crippen LogP contribution >= 0.6 is 0 Å². The molecule has 0 aromatic heterocycles. The van der Waals surface area contributed by atoms with Crippen LogP contribution in [0.4, 0.5) is 27.6 Å². The summed E-state index contributed by atoms with van der Waals surface area (Å²) in [5.74, 6) is -9.38. The average molecular weight is 306 g/mol. The van der Waals surface area contributed by atoms with Crippen LogP contribution in [0.15, 0.2) is 0 Å². The highest BCUT2D eigenvalue weighted by molar-refractivity contribution is 5.51. The predicted molar refractivity (Wildman–Crippen MR) is 67.6 cm³/mol. The molecule has 0 atom stereocenters. The zero-order valence-electron chi connectivity index (χ0n) is 11.3. The Hall–Kier alpha value is -1.37. The van der Waals surface area contributed by atoms with Crippen LogP contribution in [0.5, 0.6) is 0 Å². The van der Waals surface area contributed by atoms with Gasteiger partial charge in [-0.25, -0.2) is 22.0 Å². The lowest BCUT2D eigenvalue weighted by atomic mass is 9.94. The zero-order chi connectivity index (χ0) is 15.2. The van der Waals surface area contributed by atoms with Gasteiger partial charge in [0.25, 0.3) is 0 Å². The molecule has 7 heteroatoms. The van der Waals surface area contributed by atoms with Crippen molar-refractivity contribution in [1.82, 2.24) is 5.32 Å². The maximum absolute atomic E-state index is 13.9. The largest absolute Gasteiger partial charge is 0.363 e. The van der Waals surface area contributed by atoms with Crippen molar-refractivity contribution in [2.45, 2.75) is 31.2 Å². The highest BCUT2D eigenvalue weighted by Crippen LogP contribution is 2.36. The van der Waals surface area contributed by atoms with Gasteiger partial charge >= 0.3 is 0 Å². The molecule has 0 bridgehead atoms. The molecule has 1 aliphatic heterocycles. The third-order valence-corrected chi connectivity index (χ3v) is 4.44. The van der Waals surface area contributed by atoms with E-state index in [1.54, 1.807) is 0 Å². The molecule has 0 radical (unpaired) electrons. The first-order chi connectivity index (χ1) is 9.95. The summed E-state index contributed by atoms with van der Waals surface area (Å²) in [5.41, 5.74) is -1.09. The standard InChI is InChI=1S/C14H15F5N2/c15-8-9(16)11(18)13(12(19)10(8)17)21-6-5-20-14(7-21)3-1-2-4-14/h20H,1-7H2. The number of hydrogen-bond donors (Lipinski definition) is 1. The summed E-state index contributed by atoms with van der Waals surface area (Å²) in [6.07, 6.45) is 3.69. The maximum atomic E-state index is 13.9. The quantitative estimate of drug-likeness (QED) is 0.487. The zero-order valence-corrected chi connectivity index (χ0v) is 11.3. The molecule has 1 aromatic rings. The van der Waals surface area contributed by atoms with Gasteiger partial charge in [-0.15, -0.1) is 0 Å². The summed E-state index contributed by atoms with van der Waals surface area (Å²) in [7, 11) is 0. The highest BCUT2D eigenvalue weighted by Gasteiger charge is 2.40. The Kier molecular flexibility index (Phi) is 3.55. The van der Waals surface area contributed by atoms with Gasteiger partial charge in [-0.05, 0) is 12.8 Å². The highest BCUT2D eigenvalue weighted by atomic mass is 19.2. The summed E-state index contributed by atoms with van der Waals surface area (Å²) in [5, 5.41) is 3.33. The molecule has 116 valence electrons. The van der Waals surface area contributed by atoms with Gasteiger partial charge in [0, 0.05) is 25.2 Å². The number of nitrogens with one attached hydrogen (secondary N) is 1. The molecule has 1 heterocycles. The molecule has 2 nitrogen and oxygen atoms in total. The second kappa shape index (κ2) is 5.12. The van der Waals surface area contributed by atoms with E-state index >= 15 is 0 Å². The summed E-state index contributed by atoms with van der Waals surface area (Å²) in [6, 6.07) is 0. The lowest BCUT2D eigenvalue weighted by Crippen LogP contribution is -2.59. The molecule has 3 rings (SSSR count). The van der Waals surface area contributed by atoms with E-state index in [1.165, 1.54) is 4.90 Å². The molecule has 1 saturated heterocycles. The molecule has 1 saturated carbocycles. The van der Waals surface area contributed by atoms with Gasteiger partial charge in [-0.2, -0.15) is 0 Å². The van der Waals surface area contributed by atoms with Gasteiger partial charge in [0.05, 0.1) is 0 Å². The molecular weight excluding hydrogens is 291 g/mol. The second-order valence-corrected chi connectivity index (χ2v) is 5.75. The molecule has 1 aliphatic carbocycles. The number of piperazine rings is 1. The van der Waals surface area contributed by atoms with Crippen LogP contribution in [0.1, 0.15) is 25.7 Å². The Bertz CT molecular complexity index is 540. The third kappa shape index (κ3) is 2.27. The SMILES string of the molecule is Fc1c(F)c(F)c(N2CCNC3(CCCC3)C2)c(F)c1F. The van der Waals surface area contributed by atoms with E-state index in [2.05, 4.69) is 5.32 Å². The van der Waals surface area contributed by atoms with Gasteiger partial charge in [-0.1, -0.05) is 12.8 Å². The fourth-order valence-electron chi connectivity index (χ4n) is 3.40. The van der Waals surface area contributed by atoms with Crippen LogP contribution in [0, 0.1) is 29.1 Å². The third-order valence-electron chi connectivity index (χ3n) is 4.44. The first kappa shape index (κ1) is 14.6. The van der Waals surface area contributed by atoms with Crippen LogP contribution in [0.25, 0.3) is 0 Å². The topological polar surface area (TPSA) is 15.3 Å². The molecule has 2 fully saturated rings. The Morgan fingerprint density at radius 2 is 1.33 bits per heavy atom. The fraction of sp³-hybridized carbons (Fsp3) is 0.571.